The molecule has 0 fully saturated rings. The third-order valence-electron chi connectivity index (χ3n) is 2.61. The maximum atomic E-state index is 5.95. The number of hydrogen-bond acceptors (Lipinski definition) is 5. The molecule has 0 aliphatic carbocycles. The van der Waals surface area contributed by atoms with E-state index in [0.29, 0.717) is 13.2 Å². The summed E-state index contributed by atoms with van der Waals surface area (Å²) in [5, 5.41) is 4.59. The van der Waals surface area contributed by atoms with Gasteiger partial charge in [-0.1, -0.05) is 6.92 Å². The highest BCUT2D eigenvalue weighted by molar-refractivity contribution is 7.18. The van der Waals surface area contributed by atoms with E-state index in [2.05, 4.69) is 28.3 Å². The third kappa shape index (κ3) is 3.78. The van der Waals surface area contributed by atoms with Gasteiger partial charge in [-0.15, -0.1) is 11.3 Å². The molecule has 6 heteroatoms. The molecule has 2 aromatic heterocycles. The number of hydrogen-bond donors (Lipinski definition) is 1. The molecular formula is C13H18ClN3OS. The lowest BCUT2D eigenvalue weighted by Gasteiger charge is -2.09. The smallest absolute Gasteiger partial charge is 0.225 e. The van der Waals surface area contributed by atoms with Crippen LogP contribution in [0.25, 0.3) is 10.2 Å². The molecule has 19 heavy (non-hydrogen) atoms. The standard InChI is InChI=1S/C13H18ClN3OS/c1-4-9-7-10-11(15-5-6-18-8(2)3)16-13(14)17-12(10)19-9/h7-8H,4-6H2,1-3H3,(H,15,16,17). The van der Waals surface area contributed by atoms with Crippen molar-refractivity contribution in [3.8, 4) is 0 Å². The Kier molecular flexibility index (Phi) is 4.96. The number of halogens is 1. The molecule has 0 radical (unpaired) electrons. The molecule has 2 rings (SSSR count). The van der Waals surface area contributed by atoms with Gasteiger partial charge in [-0.05, 0) is 37.9 Å². The Bertz CT molecular complexity index is 556. The van der Waals surface area contributed by atoms with Crippen molar-refractivity contribution in [2.75, 3.05) is 18.5 Å². The summed E-state index contributed by atoms with van der Waals surface area (Å²) in [6, 6.07) is 2.13. The normalized spacial score (nSPS) is 11.4. The number of ether oxygens (including phenoxy) is 1. The number of fused-ring (bicyclic) bond motifs is 1. The second-order valence-electron chi connectivity index (χ2n) is 4.47. The van der Waals surface area contributed by atoms with Crippen molar-refractivity contribution in [3.63, 3.8) is 0 Å². The second-order valence-corrected chi connectivity index (χ2v) is 5.93. The van der Waals surface area contributed by atoms with Crippen molar-refractivity contribution in [3.05, 3.63) is 16.2 Å². The summed E-state index contributed by atoms with van der Waals surface area (Å²) < 4.78 is 5.50. The largest absolute Gasteiger partial charge is 0.377 e. The lowest BCUT2D eigenvalue weighted by molar-refractivity contribution is 0.0870. The number of thiophene rings is 1. The lowest BCUT2D eigenvalue weighted by Crippen LogP contribution is -2.14. The highest BCUT2D eigenvalue weighted by Gasteiger charge is 2.10. The van der Waals surface area contributed by atoms with E-state index >= 15 is 0 Å². The molecule has 0 atom stereocenters. The molecule has 2 heterocycles. The first kappa shape index (κ1) is 14.5. The molecule has 0 bridgehead atoms. The molecule has 0 saturated heterocycles. The maximum absolute atomic E-state index is 5.95. The summed E-state index contributed by atoms with van der Waals surface area (Å²) in [5.41, 5.74) is 0. The summed E-state index contributed by atoms with van der Waals surface area (Å²) >= 11 is 7.62. The van der Waals surface area contributed by atoms with Gasteiger partial charge in [-0.25, -0.2) is 9.97 Å². The van der Waals surface area contributed by atoms with Crippen molar-refractivity contribution in [2.24, 2.45) is 0 Å². The first-order chi connectivity index (χ1) is 9.10. The zero-order valence-corrected chi connectivity index (χ0v) is 12.9. The molecule has 0 aliphatic heterocycles. The summed E-state index contributed by atoms with van der Waals surface area (Å²) in [7, 11) is 0. The highest BCUT2D eigenvalue weighted by Crippen LogP contribution is 2.30. The van der Waals surface area contributed by atoms with E-state index in [1.807, 2.05) is 13.8 Å². The lowest BCUT2D eigenvalue weighted by atomic mass is 10.3. The van der Waals surface area contributed by atoms with Crippen molar-refractivity contribution < 1.29 is 4.74 Å². The van der Waals surface area contributed by atoms with Gasteiger partial charge in [-0.3, -0.25) is 0 Å². The maximum Gasteiger partial charge on any atom is 0.225 e. The fraction of sp³-hybridized carbons (Fsp3) is 0.538. The van der Waals surface area contributed by atoms with Gasteiger partial charge >= 0.3 is 0 Å². The van der Waals surface area contributed by atoms with E-state index < -0.39 is 0 Å². The van der Waals surface area contributed by atoms with Crippen LogP contribution >= 0.6 is 22.9 Å². The van der Waals surface area contributed by atoms with Gasteiger partial charge in [0.05, 0.1) is 18.1 Å². The van der Waals surface area contributed by atoms with Gasteiger partial charge in [0.25, 0.3) is 0 Å². The second kappa shape index (κ2) is 6.50. The number of nitrogens with zero attached hydrogens (tertiary/aromatic N) is 2. The third-order valence-corrected chi connectivity index (χ3v) is 3.95. The van der Waals surface area contributed by atoms with E-state index in [9.17, 15) is 0 Å². The number of nitrogens with one attached hydrogen (secondary N) is 1. The predicted octanol–water partition coefficient (Wildman–Crippen LogP) is 3.74. The summed E-state index contributed by atoms with van der Waals surface area (Å²) in [4.78, 5) is 10.7. The molecule has 104 valence electrons. The topological polar surface area (TPSA) is 47.0 Å². The van der Waals surface area contributed by atoms with Crippen molar-refractivity contribution >= 4 is 39.0 Å². The minimum Gasteiger partial charge on any atom is -0.377 e. The van der Waals surface area contributed by atoms with Crippen LogP contribution in [0.15, 0.2) is 6.07 Å². The Labute approximate surface area is 122 Å². The first-order valence-corrected chi connectivity index (χ1v) is 7.61. The first-order valence-electron chi connectivity index (χ1n) is 6.41. The van der Waals surface area contributed by atoms with E-state index in [1.165, 1.54) is 4.88 Å². The fourth-order valence-corrected chi connectivity index (χ4v) is 2.90. The molecule has 0 spiro atoms. The van der Waals surface area contributed by atoms with E-state index in [0.717, 1.165) is 22.5 Å². The van der Waals surface area contributed by atoms with Crippen LogP contribution in [-0.4, -0.2) is 29.2 Å². The average molecular weight is 300 g/mol. The molecule has 2 aromatic rings. The monoisotopic (exact) mass is 299 g/mol. The molecule has 0 amide bonds. The Morgan fingerprint density at radius 1 is 1.42 bits per heavy atom. The zero-order valence-electron chi connectivity index (χ0n) is 11.4. The predicted molar refractivity (Wildman–Crippen MR) is 81.4 cm³/mol. The van der Waals surface area contributed by atoms with Crippen LogP contribution in [0, 0.1) is 0 Å². The Morgan fingerprint density at radius 2 is 2.21 bits per heavy atom. The quantitative estimate of drug-likeness (QED) is 0.652. The van der Waals surface area contributed by atoms with Gasteiger partial charge in [0.1, 0.15) is 10.6 Å². The molecule has 0 aromatic carbocycles. The van der Waals surface area contributed by atoms with Crippen molar-refractivity contribution in [1.82, 2.24) is 9.97 Å². The average Bonchev–Trinajstić information content (AvgIpc) is 2.77. The van der Waals surface area contributed by atoms with Crippen LogP contribution in [-0.2, 0) is 11.2 Å². The van der Waals surface area contributed by atoms with Crippen LogP contribution < -0.4 is 5.32 Å². The Balaban J connectivity index is 2.14. The van der Waals surface area contributed by atoms with Crippen LogP contribution in [0.3, 0.4) is 0 Å². The van der Waals surface area contributed by atoms with Crippen molar-refractivity contribution in [2.45, 2.75) is 33.3 Å². The molecule has 0 aliphatic rings. The summed E-state index contributed by atoms with van der Waals surface area (Å²) in [6.07, 6.45) is 1.23. The minimum atomic E-state index is 0.239. The van der Waals surface area contributed by atoms with Crippen molar-refractivity contribution in [1.29, 1.82) is 0 Å². The van der Waals surface area contributed by atoms with Crippen LogP contribution in [0.4, 0.5) is 5.82 Å². The van der Waals surface area contributed by atoms with Gasteiger partial charge in [-0.2, -0.15) is 0 Å². The van der Waals surface area contributed by atoms with E-state index in [1.54, 1.807) is 11.3 Å². The van der Waals surface area contributed by atoms with Crippen LogP contribution in [0.1, 0.15) is 25.6 Å². The SMILES string of the molecule is CCc1cc2c(NCCOC(C)C)nc(Cl)nc2s1. The zero-order chi connectivity index (χ0) is 13.8. The minimum absolute atomic E-state index is 0.239. The Morgan fingerprint density at radius 3 is 2.89 bits per heavy atom. The summed E-state index contributed by atoms with van der Waals surface area (Å²) in [5.74, 6) is 0.790. The molecular weight excluding hydrogens is 282 g/mol. The molecule has 1 N–H and O–H groups in total. The molecule has 0 unspecified atom stereocenters. The number of aromatic nitrogens is 2. The Hall–Kier alpha value is -0.910. The number of aryl methyl sites for hydroxylation is 1. The van der Waals surface area contributed by atoms with Crippen LogP contribution in [0.2, 0.25) is 5.28 Å². The molecule has 4 nitrogen and oxygen atoms in total. The van der Waals surface area contributed by atoms with Gasteiger partial charge in [0.2, 0.25) is 5.28 Å². The van der Waals surface area contributed by atoms with Gasteiger partial charge in [0, 0.05) is 11.4 Å². The highest BCUT2D eigenvalue weighted by atomic mass is 35.5. The van der Waals surface area contributed by atoms with E-state index in [4.69, 9.17) is 16.3 Å². The summed E-state index contributed by atoms with van der Waals surface area (Å²) in [6.45, 7) is 7.52. The van der Waals surface area contributed by atoms with Gasteiger partial charge < -0.3 is 10.1 Å². The van der Waals surface area contributed by atoms with E-state index in [-0.39, 0.29) is 11.4 Å². The number of rotatable bonds is 6. The van der Waals surface area contributed by atoms with Gasteiger partial charge in [0.15, 0.2) is 0 Å². The fourth-order valence-electron chi connectivity index (χ4n) is 1.72. The molecule has 0 saturated carbocycles. The van der Waals surface area contributed by atoms with Crippen LogP contribution in [0.5, 0.6) is 0 Å². The number of anilines is 1.